The molecule has 30 heavy (non-hydrogen) atoms. The van der Waals surface area contributed by atoms with Gasteiger partial charge in [-0.3, -0.25) is 19.8 Å². The number of nitrogens with zero attached hydrogens (tertiary/aromatic N) is 2. The fraction of sp³-hybridized carbons (Fsp3) is 0. The minimum atomic E-state index is -0.463. The summed E-state index contributed by atoms with van der Waals surface area (Å²) in [6, 6.07) is 15.3. The molecular formula is C20H10Br2N2O4S2. The summed E-state index contributed by atoms with van der Waals surface area (Å²) in [5.41, 5.74) is 1.33. The molecule has 2 heterocycles. The maximum absolute atomic E-state index is 12.9. The zero-order valence-electron chi connectivity index (χ0n) is 14.9. The first kappa shape index (κ1) is 21.0. The third kappa shape index (κ3) is 4.13. The second kappa shape index (κ2) is 8.46. The Morgan fingerprint density at radius 3 is 2.63 bits per heavy atom. The maximum atomic E-state index is 12.9. The zero-order valence-corrected chi connectivity index (χ0v) is 19.7. The number of nitro benzene ring substituents is 1. The van der Waals surface area contributed by atoms with E-state index in [1.807, 2.05) is 24.3 Å². The van der Waals surface area contributed by atoms with Crippen LogP contribution in [0.4, 0.5) is 11.4 Å². The van der Waals surface area contributed by atoms with Crippen LogP contribution in [-0.2, 0) is 4.79 Å². The smallest absolute Gasteiger partial charge is 0.270 e. The Labute approximate surface area is 197 Å². The molecule has 6 nitrogen and oxygen atoms in total. The number of benzene rings is 2. The van der Waals surface area contributed by atoms with Gasteiger partial charge in [0.25, 0.3) is 11.6 Å². The van der Waals surface area contributed by atoms with E-state index in [1.165, 1.54) is 28.8 Å². The summed E-state index contributed by atoms with van der Waals surface area (Å²) in [6.45, 7) is 0. The number of hydrogen-bond acceptors (Lipinski definition) is 6. The van der Waals surface area contributed by atoms with Crippen LogP contribution in [0.5, 0.6) is 0 Å². The van der Waals surface area contributed by atoms with Crippen LogP contribution in [0.15, 0.2) is 72.9 Å². The highest BCUT2D eigenvalue weighted by molar-refractivity contribution is 9.10. The topological polar surface area (TPSA) is 76.6 Å². The van der Waals surface area contributed by atoms with Crippen molar-refractivity contribution in [2.75, 3.05) is 4.90 Å². The molecular weight excluding hydrogens is 556 g/mol. The Balaban J connectivity index is 1.61. The van der Waals surface area contributed by atoms with Gasteiger partial charge in [0.2, 0.25) is 0 Å². The number of halogens is 2. The van der Waals surface area contributed by atoms with Crippen LogP contribution in [0.2, 0.25) is 0 Å². The highest BCUT2D eigenvalue weighted by Gasteiger charge is 2.33. The van der Waals surface area contributed by atoms with E-state index >= 15 is 0 Å². The van der Waals surface area contributed by atoms with E-state index in [1.54, 1.807) is 24.3 Å². The summed E-state index contributed by atoms with van der Waals surface area (Å²) in [6.07, 6.45) is 1.64. The molecule has 1 aromatic heterocycles. The van der Waals surface area contributed by atoms with Crippen molar-refractivity contribution in [2.24, 2.45) is 0 Å². The second-order valence-electron chi connectivity index (χ2n) is 6.12. The van der Waals surface area contributed by atoms with Crippen molar-refractivity contribution in [3.8, 4) is 11.3 Å². The van der Waals surface area contributed by atoms with E-state index in [-0.39, 0.29) is 11.6 Å². The molecule has 0 atom stereocenters. The van der Waals surface area contributed by atoms with Gasteiger partial charge in [-0.05, 0) is 52.3 Å². The van der Waals surface area contributed by atoms with Gasteiger partial charge in [0, 0.05) is 32.7 Å². The molecule has 4 rings (SSSR count). The molecule has 0 spiro atoms. The monoisotopic (exact) mass is 564 g/mol. The number of carbonyl (C=O) groups is 1. The van der Waals surface area contributed by atoms with Crippen molar-refractivity contribution >= 4 is 83.5 Å². The van der Waals surface area contributed by atoms with E-state index in [4.69, 9.17) is 16.6 Å². The van der Waals surface area contributed by atoms with Gasteiger partial charge in [-0.25, -0.2) is 0 Å². The quantitative estimate of drug-likeness (QED) is 0.150. The van der Waals surface area contributed by atoms with Crippen LogP contribution in [0.1, 0.15) is 5.76 Å². The lowest BCUT2D eigenvalue weighted by Crippen LogP contribution is -2.27. The third-order valence-corrected chi connectivity index (χ3v) is 6.64. The lowest BCUT2D eigenvalue weighted by atomic mass is 10.1. The number of non-ortho nitro benzene ring substituents is 1. The summed E-state index contributed by atoms with van der Waals surface area (Å²) < 4.78 is 7.67. The lowest BCUT2D eigenvalue weighted by molar-refractivity contribution is -0.384. The van der Waals surface area contributed by atoms with E-state index in [2.05, 4.69) is 31.9 Å². The van der Waals surface area contributed by atoms with E-state index < -0.39 is 4.92 Å². The molecule has 2 aromatic carbocycles. The number of thioether (sulfide) groups is 1. The Hall–Kier alpha value is -2.27. The van der Waals surface area contributed by atoms with Crippen LogP contribution in [-0.4, -0.2) is 15.2 Å². The van der Waals surface area contributed by atoms with Gasteiger partial charge in [-0.2, -0.15) is 0 Å². The molecule has 0 aliphatic carbocycles. The number of nitro groups is 1. The zero-order chi connectivity index (χ0) is 21.4. The predicted molar refractivity (Wildman–Crippen MR) is 128 cm³/mol. The molecule has 0 N–H and O–H groups in total. The molecule has 0 bridgehead atoms. The Morgan fingerprint density at radius 2 is 1.93 bits per heavy atom. The van der Waals surface area contributed by atoms with Gasteiger partial charge >= 0.3 is 0 Å². The molecule has 1 aliphatic heterocycles. The van der Waals surface area contributed by atoms with E-state index in [0.29, 0.717) is 36.5 Å². The molecule has 1 fully saturated rings. The van der Waals surface area contributed by atoms with Gasteiger partial charge in [0.1, 0.15) is 11.5 Å². The van der Waals surface area contributed by atoms with E-state index in [9.17, 15) is 14.9 Å². The molecule has 0 unspecified atom stereocenters. The van der Waals surface area contributed by atoms with Crippen LogP contribution in [0, 0.1) is 10.1 Å². The molecule has 0 radical (unpaired) electrons. The minimum absolute atomic E-state index is 0.0198. The van der Waals surface area contributed by atoms with Crippen molar-refractivity contribution in [3.05, 3.63) is 84.3 Å². The lowest BCUT2D eigenvalue weighted by Gasteiger charge is -2.14. The number of furan rings is 1. The largest absolute Gasteiger partial charge is 0.457 e. The molecule has 1 amide bonds. The second-order valence-corrected chi connectivity index (χ2v) is 9.57. The van der Waals surface area contributed by atoms with Gasteiger partial charge in [-0.15, -0.1) is 0 Å². The number of thiocarbonyl (C=S) groups is 1. The SMILES string of the molecule is O=C1/C(=C\c2ccc(-c3ccc([N+](=O)[O-])cc3Br)o2)SC(=S)N1c1cccc(Br)c1. The third-order valence-electron chi connectivity index (χ3n) is 4.19. The Morgan fingerprint density at radius 1 is 1.13 bits per heavy atom. The number of hydrogen-bond donors (Lipinski definition) is 0. The van der Waals surface area contributed by atoms with Gasteiger partial charge in [0.15, 0.2) is 4.32 Å². The molecule has 3 aromatic rings. The maximum Gasteiger partial charge on any atom is 0.270 e. The highest BCUT2D eigenvalue weighted by Crippen LogP contribution is 2.38. The van der Waals surface area contributed by atoms with Gasteiger partial charge in [0.05, 0.1) is 15.5 Å². The number of amides is 1. The minimum Gasteiger partial charge on any atom is -0.457 e. The average molecular weight is 566 g/mol. The van der Waals surface area contributed by atoms with Crippen LogP contribution < -0.4 is 4.90 Å². The Bertz CT molecular complexity index is 1240. The average Bonchev–Trinajstić information content (AvgIpc) is 3.26. The van der Waals surface area contributed by atoms with Crippen molar-refractivity contribution in [1.82, 2.24) is 0 Å². The van der Waals surface area contributed by atoms with Gasteiger partial charge < -0.3 is 4.42 Å². The molecule has 0 saturated carbocycles. The van der Waals surface area contributed by atoms with Crippen molar-refractivity contribution in [3.63, 3.8) is 0 Å². The summed E-state index contributed by atoms with van der Waals surface area (Å²) >= 11 is 13.3. The highest BCUT2D eigenvalue weighted by atomic mass is 79.9. The molecule has 150 valence electrons. The fourth-order valence-corrected chi connectivity index (χ4v) is 5.06. The van der Waals surface area contributed by atoms with E-state index in [0.717, 1.165) is 4.47 Å². The van der Waals surface area contributed by atoms with Gasteiger partial charge in [-0.1, -0.05) is 46.0 Å². The van der Waals surface area contributed by atoms with Crippen LogP contribution in [0.25, 0.3) is 17.4 Å². The van der Waals surface area contributed by atoms with Crippen LogP contribution in [0.3, 0.4) is 0 Å². The van der Waals surface area contributed by atoms with Crippen molar-refractivity contribution in [2.45, 2.75) is 0 Å². The number of anilines is 1. The summed E-state index contributed by atoms with van der Waals surface area (Å²) in [5.74, 6) is 0.771. The predicted octanol–water partition coefficient (Wildman–Crippen LogP) is 6.79. The number of rotatable bonds is 4. The first-order valence-electron chi connectivity index (χ1n) is 8.41. The summed E-state index contributed by atoms with van der Waals surface area (Å²) in [5, 5.41) is 10.9. The Kier molecular flexibility index (Phi) is 5.92. The first-order valence-corrected chi connectivity index (χ1v) is 11.2. The summed E-state index contributed by atoms with van der Waals surface area (Å²) in [4.78, 5) is 25.3. The van der Waals surface area contributed by atoms with Crippen LogP contribution >= 0.6 is 55.8 Å². The van der Waals surface area contributed by atoms with Crippen molar-refractivity contribution < 1.29 is 14.1 Å². The molecule has 1 saturated heterocycles. The number of carbonyl (C=O) groups excluding carboxylic acids is 1. The molecule has 1 aliphatic rings. The fourth-order valence-electron chi connectivity index (χ4n) is 2.83. The molecule has 10 heteroatoms. The summed E-state index contributed by atoms with van der Waals surface area (Å²) in [7, 11) is 0. The standard InChI is InChI=1S/C20H10Br2N2O4S2/c21-11-2-1-3-12(8-11)23-19(25)18(30-20(23)29)10-14-5-7-17(28-14)15-6-4-13(24(26)27)9-16(15)22/h1-10H/b18-10+. The normalized spacial score (nSPS) is 15.3. The first-order chi connectivity index (χ1) is 14.3. The van der Waals surface area contributed by atoms with Crippen molar-refractivity contribution in [1.29, 1.82) is 0 Å².